The van der Waals surface area contributed by atoms with Crippen molar-refractivity contribution in [1.29, 1.82) is 0 Å². The average Bonchev–Trinajstić information content (AvgIpc) is 2.45. The summed E-state index contributed by atoms with van der Waals surface area (Å²) < 4.78 is 5.42. The summed E-state index contributed by atoms with van der Waals surface area (Å²) in [4.78, 5) is 13.6. The molecule has 0 fully saturated rings. The van der Waals surface area contributed by atoms with Crippen molar-refractivity contribution in [2.75, 3.05) is 26.2 Å². The third kappa shape index (κ3) is 5.03. The Kier molecular flexibility index (Phi) is 7.19. The van der Waals surface area contributed by atoms with Gasteiger partial charge in [-0.25, -0.2) is 0 Å². The van der Waals surface area contributed by atoms with Gasteiger partial charge in [0, 0.05) is 0 Å². The molecule has 0 bridgehead atoms. The maximum absolute atomic E-state index is 12.1. The van der Waals surface area contributed by atoms with Crippen LogP contribution in [0.3, 0.4) is 0 Å². The standard InChI is InChI=1S/C16H25NO2/c1-4-15(14-10-8-7-9-11-14)16(18)19-13-12-17(5-2)6-3/h7-11,15H,4-6,12-13H2,1-3H3/p+1/t15-/m1/s1. The van der Waals surface area contributed by atoms with Gasteiger partial charge in [-0.3, -0.25) is 4.79 Å². The number of rotatable bonds is 8. The molecule has 3 nitrogen and oxygen atoms in total. The smallest absolute Gasteiger partial charge is 0.313 e. The van der Waals surface area contributed by atoms with Gasteiger partial charge in [-0.1, -0.05) is 37.3 Å². The summed E-state index contributed by atoms with van der Waals surface area (Å²) in [6, 6.07) is 9.87. The molecule has 0 radical (unpaired) electrons. The van der Waals surface area contributed by atoms with Crippen LogP contribution in [0.2, 0.25) is 0 Å². The molecule has 0 amide bonds. The molecule has 19 heavy (non-hydrogen) atoms. The second kappa shape index (κ2) is 8.70. The molecule has 1 atom stereocenters. The number of ether oxygens (including phenoxy) is 1. The predicted molar refractivity (Wildman–Crippen MR) is 77.3 cm³/mol. The molecule has 1 rings (SSSR count). The Hall–Kier alpha value is -1.35. The fraction of sp³-hybridized carbons (Fsp3) is 0.562. The van der Waals surface area contributed by atoms with E-state index < -0.39 is 0 Å². The van der Waals surface area contributed by atoms with E-state index in [1.54, 1.807) is 0 Å². The van der Waals surface area contributed by atoms with Crippen LogP contribution in [0.4, 0.5) is 0 Å². The Balaban J connectivity index is 2.47. The fourth-order valence-electron chi connectivity index (χ4n) is 2.22. The van der Waals surface area contributed by atoms with Crippen molar-refractivity contribution < 1.29 is 14.4 Å². The Morgan fingerprint density at radius 3 is 2.32 bits per heavy atom. The average molecular weight is 264 g/mol. The van der Waals surface area contributed by atoms with Crippen molar-refractivity contribution in [2.45, 2.75) is 33.1 Å². The van der Waals surface area contributed by atoms with Gasteiger partial charge in [0.1, 0.15) is 13.2 Å². The maximum Gasteiger partial charge on any atom is 0.313 e. The van der Waals surface area contributed by atoms with Gasteiger partial charge < -0.3 is 9.64 Å². The number of esters is 1. The highest BCUT2D eigenvalue weighted by Crippen LogP contribution is 2.20. The molecular weight excluding hydrogens is 238 g/mol. The summed E-state index contributed by atoms with van der Waals surface area (Å²) in [5.74, 6) is -0.229. The monoisotopic (exact) mass is 264 g/mol. The van der Waals surface area contributed by atoms with Crippen LogP contribution in [0, 0.1) is 0 Å². The normalized spacial score (nSPS) is 12.4. The van der Waals surface area contributed by atoms with E-state index in [1.807, 2.05) is 37.3 Å². The number of benzene rings is 1. The molecule has 106 valence electrons. The van der Waals surface area contributed by atoms with Crippen LogP contribution in [-0.4, -0.2) is 32.2 Å². The molecule has 1 aromatic carbocycles. The maximum atomic E-state index is 12.1. The van der Waals surface area contributed by atoms with Gasteiger partial charge >= 0.3 is 5.97 Å². The summed E-state index contributed by atoms with van der Waals surface area (Å²) in [7, 11) is 0. The molecule has 0 aliphatic carbocycles. The Morgan fingerprint density at radius 1 is 1.16 bits per heavy atom. The summed E-state index contributed by atoms with van der Waals surface area (Å²) >= 11 is 0. The Bertz CT molecular complexity index is 360. The molecule has 1 N–H and O–H groups in total. The minimum Gasteiger partial charge on any atom is -0.459 e. The van der Waals surface area contributed by atoms with Gasteiger partial charge in [0.15, 0.2) is 0 Å². The highest BCUT2D eigenvalue weighted by atomic mass is 16.5. The van der Waals surface area contributed by atoms with E-state index in [4.69, 9.17) is 4.74 Å². The lowest BCUT2D eigenvalue weighted by molar-refractivity contribution is -0.896. The summed E-state index contributed by atoms with van der Waals surface area (Å²) in [5.41, 5.74) is 1.05. The SMILES string of the molecule is CC[C@@H](C(=O)OCC[NH+](CC)CC)c1ccccc1. The minimum absolute atomic E-state index is 0.0970. The molecular formula is C16H26NO2+. The van der Waals surface area contributed by atoms with E-state index >= 15 is 0 Å². The number of likely N-dealkylation sites (N-methyl/N-ethyl adjacent to an activating group) is 1. The van der Waals surface area contributed by atoms with E-state index in [9.17, 15) is 4.79 Å². The van der Waals surface area contributed by atoms with Gasteiger partial charge in [0.2, 0.25) is 0 Å². The molecule has 0 spiro atoms. The Morgan fingerprint density at radius 2 is 1.79 bits per heavy atom. The second-order valence-electron chi connectivity index (χ2n) is 4.75. The van der Waals surface area contributed by atoms with Crippen LogP contribution in [0.5, 0.6) is 0 Å². The zero-order chi connectivity index (χ0) is 14.1. The molecule has 0 aliphatic heterocycles. The molecule has 3 heteroatoms. The number of hydrogen-bond donors (Lipinski definition) is 1. The lowest BCUT2D eigenvalue weighted by Gasteiger charge is -2.17. The number of quaternary nitrogens is 1. The molecule has 0 saturated heterocycles. The van der Waals surface area contributed by atoms with Crippen LogP contribution in [0.25, 0.3) is 0 Å². The first-order valence-electron chi connectivity index (χ1n) is 7.28. The van der Waals surface area contributed by atoms with E-state index in [1.165, 1.54) is 4.90 Å². The van der Waals surface area contributed by atoms with Gasteiger partial charge in [-0.15, -0.1) is 0 Å². The van der Waals surface area contributed by atoms with Crippen molar-refractivity contribution in [3.8, 4) is 0 Å². The zero-order valence-electron chi connectivity index (χ0n) is 12.3. The van der Waals surface area contributed by atoms with Crippen LogP contribution in [0.15, 0.2) is 30.3 Å². The molecule has 0 aliphatic rings. The van der Waals surface area contributed by atoms with Crippen molar-refractivity contribution in [1.82, 2.24) is 0 Å². The third-order valence-corrected chi connectivity index (χ3v) is 3.59. The third-order valence-electron chi connectivity index (χ3n) is 3.59. The van der Waals surface area contributed by atoms with E-state index in [0.29, 0.717) is 6.61 Å². The lowest BCUT2D eigenvalue weighted by Crippen LogP contribution is -3.11. The molecule has 0 unspecified atom stereocenters. The first kappa shape index (κ1) is 15.7. The molecule has 0 saturated carbocycles. The highest BCUT2D eigenvalue weighted by Gasteiger charge is 2.20. The van der Waals surface area contributed by atoms with Crippen LogP contribution in [0.1, 0.15) is 38.7 Å². The van der Waals surface area contributed by atoms with Crippen molar-refractivity contribution in [3.63, 3.8) is 0 Å². The van der Waals surface area contributed by atoms with Crippen molar-refractivity contribution in [3.05, 3.63) is 35.9 Å². The van der Waals surface area contributed by atoms with Crippen molar-refractivity contribution in [2.24, 2.45) is 0 Å². The summed E-state index contributed by atoms with van der Waals surface area (Å²) in [6.07, 6.45) is 0.779. The van der Waals surface area contributed by atoms with Crippen LogP contribution < -0.4 is 4.90 Å². The molecule has 0 aromatic heterocycles. The van der Waals surface area contributed by atoms with Gasteiger partial charge in [0.05, 0.1) is 19.0 Å². The fourth-order valence-corrected chi connectivity index (χ4v) is 2.22. The predicted octanol–water partition coefficient (Wildman–Crippen LogP) is 1.65. The number of carbonyl (C=O) groups excluding carboxylic acids is 1. The van der Waals surface area contributed by atoms with E-state index in [2.05, 4.69) is 13.8 Å². The van der Waals surface area contributed by atoms with Gasteiger partial charge in [0.25, 0.3) is 0 Å². The first-order valence-corrected chi connectivity index (χ1v) is 7.28. The van der Waals surface area contributed by atoms with Crippen molar-refractivity contribution >= 4 is 5.97 Å². The Labute approximate surface area is 116 Å². The quantitative estimate of drug-likeness (QED) is 0.724. The van der Waals surface area contributed by atoms with E-state index in [0.717, 1.165) is 31.6 Å². The number of hydrogen-bond acceptors (Lipinski definition) is 2. The number of carbonyl (C=O) groups is 1. The molecule has 1 aromatic rings. The largest absolute Gasteiger partial charge is 0.459 e. The summed E-state index contributed by atoms with van der Waals surface area (Å²) in [6.45, 7) is 9.88. The second-order valence-corrected chi connectivity index (χ2v) is 4.75. The van der Waals surface area contributed by atoms with E-state index in [-0.39, 0.29) is 11.9 Å². The van der Waals surface area contributed by atoms with Crippen LogP contribution in [-0.2, 0) is 9.53 Å². The number of nitrogens with one attached hydrogen (secondary N) is 1. The van der Waals surface area contributed by atoms with Gasteiger partial charge in [-0.2, -0.15) is 0 Å². The highest BCUT2D eigenvalue weighted by molar-refractivity contribution is 5.78. The lowest BCUT2D eigenvalue weighted by atomic mass is 9.97. The minimum atomic E-state index is -0.132. The molecule has 0 heterocycles. The summed E-state index contributed by atoms with van der Waals surface area (Å²) in [5, 5.41) is 0. The topological polar surface area (TPSA) is 30.7 Å². The zero-order valence-corrected chi connectivity index (χ0v) is 12.3. The van der Waals surface area contributed by atoms with Gasteiger partial charge in [-0.05, 0) is 25.8 Å². The first-order chi connectivity index (χ1) is 9.22. The van der Waals surface area contributed by atoms with Crippen LogP contribution >= 0.6 is 0 Å².